The van der Waals surface area contributed by atoms with E-state index in [9.17, 15) is 0 Å². The van der Waals surface area contributed by atoms with Gasteiger partial charge in [-0.1, -0.05) is 260 Å². The Bertz CT molecular complexity index is 721. The van der Waals surface area contributed by atoms with Crippen LogP contribution in [0.4, 0.5) is 0 Å². The molecule has 0 saturated heterocycles. The van der Waals surface area contributed by atoms with Gasteiger partial charge in [0.25, 0.3) is 0 Å². The van der Waals surface area contributed by atoms with Gasteiger partial charge < -0.3 is 33.8 Å². The fourth-order valence-electron chi connectivity index (χ4n) is 10.2. The summed E-state index contributed by atoms with van der Waals surface area (Å²) < 4.78 is 2.51. The molecule has 0 rings (SSSR count). The smallest absolute Gasteiger partial charge is 0.0883 e. The molecular weight excluding hydrogens is 796 g/mol. The van der Waals surface area contributed by atoms with Gasteiger partial charge in [0, 0.05) is 0 Å². The Labute approximate surface area is 409 Å². The van der Waals surface area contributed by atoms with E-state index < -0.39 is 0 Å². The monoisotopic (exact) mass is 919 g/mol. The van der Waals surface area contributed by atoms with E-state index >= 15 is 0 Å². The first-order valence-electron chi connectivity index (χ1n) is 28.8. The zero-order chi connectivity index (χ0) is 44.7. The molecule has 62 heavy (non-hydrogen) atoms. The van der Waals surface area contributed by atoms with Crippen LogP contribution in [-0.2, 0) is 0 Å². The van der Waals surface area contributed by atoms with Gasteiger partial charge in [-0.25, -0.2) is 0 Å². The molecule has 0 heterocycles. The average Bonchev–Trinajstić information content (AvgIpc) is 3.23. The molecule has 380 valence electrons. The standard InChI is InChI=1S/2C29H62N.2ClH/c2*1-6-9-11-13-15-17-19-21-23-25-27-29(8-3)30(4,5)28-26-24-22-20-18-16-14-12-10-7-2;;/h2*29H,6-28H2,1-5H3;2*1H/q2*+1;;/p-2. The number of nitrogens with zero attached hydrogens (tertiary/aromatic N) is 2. The Morgan fingerprint density at radius 3 is 0.565 bits per heavy atom. The van der Waals surface area contributed by atoms with E-state index in [1.807, 2.05) is 0 Å². The van der Waals surface area contributed by atoms with Crippen molar-refractivity contribution in [1.29, 1.82) is 0 Å². The second-order valence-corrected chi connectivity index (χ2v) is 21.4. The van der Waals surface area contributed by atoms with E-state index in [-0.39, 0.29) is 24.8 Å². The molecule has 0 bridgehead atoms. The second kappa shape index (κ2) is 54.1. The molecule has 0 aromatic rings. The quantitative estimate of drug-likeness (QED) is 0.0421. The molecule has 2 nitrogen and oxygen atoms in total. The van der Waals surface area contributed by atoms with Gasteiger partial charge in [-0.15, -0.1) is 0 Å². The van der Waals surface area contributed by atoms with Gasteiger partial charge in [-0.3, -0.25) is 0 Å². The van der Waals surface area contributed by atoms with Gasteiger partial charge in [0.15, 0.2) is 0 Å². The summed E-state index contributed by atoms with van der Waals surface area (Å²) in [6.45, 7) is 16.8. The average molecular weight is 921 g/mol. The van der Waals surface area contributed by atoms with Gasteiger partial charge >= 0.3 is 0 Å². The lowest BCUT2D eigenvalue weighted by atomic mass is 10.0. The maximum Gasteiger partial charge on any atom is 0.0883 e. The molecule has 0 aliphatic carbocycles. The van der Waals surface area contributed by atoms with Gasteiger partial charge in [-0.2, -0.15) is 0 Å². The Hall–Kier alpha value is 0.500. The van der Waals surface area contributed by atoms with Crippen molar-refractivity contribution in [2.24, 2.45) is 0 Å². The fraction of sp³-hybridized carbons (Fsp3) is 1.00. The normalized spacial score (nSPS) is 12.7. The summed E-state index contributed by atoms with van der Waals surface area (Å²) in [5.74, 6) is 0. The van der Waals surface area contributed by atoms with E-state index in [0.29, 0.717) is 0 Å². The van der Waals surface area contributed by atoms with Crippen LogP contribution in [0, 0.1) is 0 Å². The number of hydrogen-bond acceptors (Lipinski definition) is 0. The molecular formula is C58H124Cl2N2. The molecule has 2 atom stereocenters. The van der Waals surface area contributed by atoms with Gasteiger partial charge in [-0.05, 0) is 64.2 Å². The van der Waals surface area contributed by atoms with Crippen molar-refractivity contribution in [1.82, 2.24) is 0 Å². The second-order valence-electron chi connectivity index (χ2n) is 21.4. The van der Waals surface area contributed by atoms with E-state index in [1.165, 1.54) is 305 Å². The lowest BCUT2D eigenvalue weighted by Crippen LogP contribution is -3.00. The summed E-state index contributed by atoms with van der Waals surface area (Å²) in [6.07, 6.45) is 63.6. The van der Waals surface area contributed by atoms with E-state index in [1.54, 1.807) is 0 Å². The summed E-state index contributed by atoms with van der Waals surface area (Å²) in [4.78, 5) is 0. The van der Waals surface area contributed by atoms with Crippen molar-refractivity contribution in [2.45, 2.75) is 336 Å². The zero-order valence-corrected chi connectivity index (χ0v) is 46.8. The van der Waals surface area contributed by atoms with Crippen molar-refractivity contribution in [2.75, 3.05) is 41.3 Å². The molecule has 0 aromatic heterocycles. The van der Waals surface area contributed by atoms with Crippen LogP contribution < -0.4 is 24.8 Å². The molecule has 0 N–H and O–H groups in total. The summed E-state index contributed by atoms with van der Waals surface area (Å²) in [6, 6.07) is 1.75. The number of quaternary nitrogens is 2. The fourth-order valence-corrected chi connectivity index (χ4v) is 10.2. The van der Waals surface area contributed by atoms with Crippen LogP contribution in [0.2, 0.25) is 0 Å². The lowest BCUT2D eigenvalue weighted by molar-refractivity contribution is -0.915. The largest absolute Gasteiger partial charge is 1.00 e. The number of halogens is 2. The van der Waals surface area contributed by atoms with Crippen molar-refractivity contribution in [3.8, 4) is 0 Å². The SMILES string of the molecule is CCCCCCCCCCCCC(CC)[N+](C)(C)CCCCCCCCCCCC.CCCCCCCCCCCCC(CC)[N+](C)(C)CCCCCCCCCCCC.[Cl-].[Cl-]. The molecule has 0 aliphatic rings. The predicted molar refractivity (Wildman–Crippen MR) is 279 cm³/mol. The highest BCUT2D eigenvalue weighted by atomic mass is 35.5. The predicted octanol–water partition coefficient (Wildman–Crippen LogP) is 14.2. The molecule has 4 heteroatoms. The minimum absolute atomic E-state index is 0. The van der Waals surface area contributed by atoms with E-state index in [0.717, 1.165) is 12.1 Å². The van der Waals surface area contributed by atoms with E-state index in [2.05, 4.69) is 69.7 Å². The van der Waals surface area contributed by atoms with Crippen LogP contribution in [0.15, 0.2) is 0 Å². The minimum atomic E-state index is 0. The van der Waals surface area contributed by atoms with Crippen LogP contribution in [-0.4, -0.2) is 62.3 Å². The Balaban J connectivity index is -0.000000526. The van der Waals surface area contributed by atoms with Crippen LogP contribution in [0.5, 0.6) is 0 Å². The van der Waals surface area contributed by atoms with Gasteiger partial charge in [0.05, 0.1) is 53.4 Å². The number of unbranched alkanes of at least 4 members (excludes halogenated alkanes) is 36. The summed E-state index contributed by atoms with van der Waals surface area (Å²) in [5, 5.41) is 0. The molecule has 0 aromatic carbocycles. The van der Waals surface area contributed by atoms with Crippen LogP contribution in [0.3, 0.4) is 0 Å². The zero-order valence-electron chi connectivity index (χ0n) is 45.3. The van der Waals surface area contributed by atoms with Crippen LogP contribution >= 0.6 is 0 Å². The molecule has 0 spiro atoms. The highest BCUT2D eigenvalue weighted by molar-refractivity contribution is 4.61. The third kappa shape index (κ3) is 48.4. The summed E-state index contributed by atoms with van der Waals surface area (Å²) in [5.41, 5.74) is 0. The molecule has 0 fully saturated rings. The number of rotatable bonds is 48. The van der Waals surface area contributed by atoms with Crippen molar-refractivity contribution in [3.05, 3.63) is 0 Å². The first-order valence-corrected chi connectivity index (χ1v) is 28.8. The summed E-state index contributed by atoms with van der Waals surface area (Å²) >= 11 is 0. The molecule has 0 aliphatic heterocycles. The summed E-state index contributed by atoms with van der Waals surface area (Å²) in [7, 11) is 9.99. The third-order valence-corrected chi connectivity index (χ3v) is 14.9. The molecule has 0 saturated carbocycles. The van der Waals surface area contributed by atoms with E-state index in [4.69, 9.17) is 0 Å². The number of hydrogen-bond donors (Lipinski definition) is 0. The first-order chi connectivity index (χ1) is 29.2. The topological polar surface area (TPSA) is 0 Å². The highest BCUT2D eigenvalue weighted by Gasteiger charge is 2.26. The van der Waals surface area contributed by atoms with Gasteiger partial charge in [0.1, 0.15) is 0 Å². The molecule has 0 radical (unpaired) electrons. The molecule has 0 amide bonds. The maximum absolute atomic E-state index is 2.50. The first kappa shape index (κ1) is 69.1. The Morgan fingerprint density at radius 1 is 0.226 bits per heavy atom. The van der Waals surface area contributed by atoms with Crippen LogP contribution in [0.25, 0.3) is 0 Å². The van der Waals surface area contributed by atoms with Crippen molar-refractivity contribution in [3.63, 3.8) is 0 Å². The Morgan fingerprint density at radius 2 is 0.387 bits per heavy atom. The highest BCUT2D eigenvalue weighted by Crippen LogP contribution is 2.23. The lowest BCUT2D eigenvalue weighted by Gasteiger charge is -2.38. The third-order valence-electron chi connectivity index (χ3n) is 14.9. The minimum Gasteiger partial charge on any atom is -1.00 e. The van der Waals surface area contributed by atoms with Crippen LogP contribution in [0.1, 0.15) is 324 Å². The van der Waals surface area contributed by atoms with Crippen molar-refractivity contribution < 1.29 is 33.8 Å². The Kier molecular flexibility index (Phi) is 60.3. The molecule has 2 unspecified atom stereocenters. The van der Waals surface area contributed by atoms with Crippen molar-refractivity contribution >= 4 is 0 Å². The maximum atomic E-state index is 2.50. The van der Waals surface area contributed by atoms with Gasteiger partial charge in [0.2, 0.25) is 0 Å².